The van der Waals surface area contributed by atoms with Crippen LogP contribution in [-0.4, -0.2) is 77.7 Å². The molecule has 0 saturated carbocycles. The summed E-state index contributed by atoms with van der Waals surface area (Å²) in [5.74, 6) is 1.38. The predicted octanol–water partition coefficient (Wildman–Crippen LogP) is 2.87. The SMILES string of the molecule is COc1ccc(CN(C)CCn2nc(C)cc2C)cc1OC[C@H](O)CN1CCCCC1. The summed E-state index contributed by atoms with van der Waals surface area (Å²) in [6.45, 7) is 9.75. The van der Waals surface area contributed by atoms with Crippen LogP contribution in [0.15, 0.2) is 24.3 Å². The standard InChI is InChI=1S/C24H38N4O3/c1-19-14-20(2)28(25-19)13-12-26(3)16-21-8-9-23(30-4)24(15-21)31-18-22(29)17-27-10-6-5-7-11-27/h8-9,14-15,22,29H,5-7,10-13,16-18H2,1-4H3/t22-/m1/s1. The van der Waals surface area contributed by atoms with Crippen molar-refractivity contribution in [2.75, 3.05) is 46.9 Å². The Balaban J connectivity index is 1.52. The van der Waals surface area contributed by atoms with E-state index in [4.69, 9.17) is 9.47 Å². The summed E-state index contributed by atoms with van der Waals surface area (Å²) in [4.78, 5) is 4.59. The van der Waals surface area contributed by atoms with Gasteiger partial charge < -0.3 is 24.4 Å². The number of aliphatic hydroxyl groups excluding tert-OH is 1. The van der Waals surface area contributed by atoms with E-state index in [0.29, 0.717) is 18.0 Å². The Hall–Kier alpha value is -2.09. The molecule has 1 aromatic heterocycles. The van der Waals surface area contributed by atoms with Gasteiger partial charge in [0.05, 0.1) is 19.3 Å². The Morgan fingerprint density at radius 3 is 2.58 bits per heavy atom. The van der Waals surface area contributed by atoms with Crippen molar-refractivity contribution in [2.45, 2.75) is 52.3 Å². The van der Waals surface area contributed by atoms with E-state index >= 15 is 0 Å². The molecule has 0 aliphatic carbocycles. The summed E-state index contributed by atoms with van der Waals surface area (Å²) in [6.07, 6.45) is 3.23. The van der Waals surface area contributed by atoms with Gasteiger partial charge in [-0.3, -0.25) is 4.68 Å². The Bertz CT molecular complexity index is 817. The lowest BCUT2D eigenvalue weighted by Gasteiger charge is -2.28. The number of nitrogens with zero attached hydrogens (tertiary/aromatic N) is 4. The maximum Gasteiger partial charge on any atom is 0.161 e. The summed E-state index contributed by atoms with van der Waals surface area (Å²) in [5, 5.41) is 15.0. The van der Waals surface area contributed by atoms with Crippen molar-refractivity contribution in [1.29, 1.82) is 0 Å². The molecule has 0 unspecified atom stereocenters. The number of hydrogen-bond donors (Lipinski definition) is 1. The number of benzene rings is 1. The van der Waals surface area contributed by atoms with Crippen molar-refractivity contribution in [1.82, 2.24) is 19.6 Å². The first-order chi connectivity index (χ1) is 14.9. The number of aliphatic hydroxyl groups is 1. The Morgan fingerprint density at radius 1 is 1.13 bits per heavy atom. The van der Waals surface area contributed by atoms with Crippen LogP contribution >= 0.6 is 0 Å². The lowest BCUT2D eigenvalue weighted by Crippen LogP contribution is -2.38. The van der Waals surface area contributed by atoms with Crippen molar-refractivity contribution in [3.8, 4) is 11.5 Å². The zero-order chi connectivity index (χ0) is 22.2. The van der Waals surface area contributed by atoms with Crippen molar-refractivity contribution in [3.05, 3.63) is 41.2 Å². The number of aromatic nitrogens is 2. The van der Waals surface area contributed by atoms with Crippen LogP contribution in [0.3, 0.4) is 0 Å². The molecule has 1 atom stereocenters. The molecule has 1 aliphatic rings. The lowest BCUT2D eigenvalue weighted by atomic mass is 10.1. The molecule has 3 rings (SSSR count). The number of piperidine rings is 1. The highest BCUT2D eigenvalue weighted by Crippen LogP contribution is 2.28. The molecule has 1 aromatic carbocycles. The second-order valence-corrected chi connectivity index (χ2v) is 8.70. The summed E-state index contributed by atoms with van der Waals surface area (Å²) >= 11 is 0. The summed E-state index contributed by atoms with van der Waals surface area (Å²) < 4.78 is 13.5. The number of aryl methyl sites for hydroxylation is 2. The largest absolute Gasteiger partial charge is 0.493 e. The zero-order valence-electron chi connectivity index (χ0n) is 19.5. The molecule has 2 aromatic rings. The number of hydrogen-bond acceptors (Lipinski definition) is 6. The van der Waals surface area contributed by atoms with E-state index in [1.54, 1.807) is 7.11 Å². The molecule has 0 spiro atoms. The van der Waals surface area contributed by atoms with Gasteiger partial charge in [0, 0.05) is 25.3 Å². The van der Waals surface area contributed by atoms with E-state index < -0.39 is 6.10 Å². The summed E-state index contributed by atoms with van der Waals surface area (Å²) in [6, 6.07) is 8.13. The third kappa shape index (κ3) is 7.23. The van der Waals surface area contributed by atoms with E-state index in [1.807, 2.05) is 19.1 Å². The van der Waals surface area contributed by atoms with Gasteiger partial charge in [0.25, 0.3) is 0 Å². The molecule has 1 fully saturated rings. The second kappa shape index (κ2) is 11.5. The highest BCUT2D eigenvalue weighted by atomic mass is 16.5. The monoisotopic (exact) mass is 430 g/mol. The summed E-state index contributed by atoms with van der Waals surface area (Å²) in [7, 11) is 3.76. The van der Waals surface area contributed by atoms with Crippen LogP contribution in [0.5, 0.6) is 11.5 Å². The van der Waals surface area contributed by atoms with Crippen molar-refractivity contribution >= 4 is 0 Å². The van der Waals surface area contributed by atoms with E-state index in [2.05, 4.69) is 45.7 Å². The van der Waals surface area contributed by atoms with Crippen molar-refractivity contribution < 1.29 is 14.6 Å². The minimum atomic E-state index is -0.505. The van der Waals surface area contributed by atoms with Crippen LogP contribution in [0.4, 0.5) is 0 Å². The highest BCUT2D eigenvalue weighted by Gasteiger charge is 2.16. The molecule has 7 nitrogen and oxygen atoms in total. The smallest absolute Gasteiger partial charge is 0.161 e. The Labute approximate surface area is 186 Å². The number of ether oxygens (including phenoxy) is 2. The molecule has 0 bridgehead atoms. The average Bonchev–Trinajstić information content (AvgIpc) is 3.08. The fourth-order valence-electron chi connectivity index (χ4n) is 4.17. The average molecular weight is 431 g/mol. The zero-order valence-corrected chi connectivity index (χ0v) is 19.5. The van der Waals surface area contributed by atoms with Crippen LogP contribution in [0.2, 0.25) is 0 Å². The molecule has 0 amide bonds. The predicted molar refractivity (Wildman–Crippen MR) is 123 cm³/mol. The third-order valence-electron chi connectivity index (χ3n) is 5.83. The maximum atomic E-state index is 10.4. The molecule has 2 heterocycles. The van der Waals surface area contributed by atoms with E-state index in [1.165, 1.54) is 25.0 Å². The second-order valence-electron chi connectivity index (χ2n) is 8.70. The topological polar surface area (TPSA) is 63.0 Å². The number of likely N-dealkylation sites (N-methyl/N-ethyl adjacent to an activating group) is 1. The minimum Gasteiger partial charge on any atom is -0.493 e. The van der Waals surface area contributed by atoms with Gasteiger partial charge in [-0.1, -0.05) is 12.5 Å². The molecule has 0 radical (unpaired) electrons. The Morgan fingerprint density at radius 2 is 1.90 bits per heavy atom. The van der Waals surface area contributed by atoms with Crippen LogP contribution in [0.1, 0.15) is 36.2 Å². The lowest BCUT2D eigenvalue weighted by molar-refractivity contribution is 0.0608. The maximum absolute atomic E-state index is 10.4. The molecule has 172 valence electrons. The van der Waals surface area contributed by atoms with Gasteiger partial charge in [-0.25, -0.2) is 0 Å². The van der Waals surface area contributed by atoms with E-state index in [0.717, 1.165) is 44.0 Å². The van der Waals surface area contributed by atoms with Crippen molar-refractivity contribution in [3.63, 3.8) is 0 Å². The molecular formula is C24H38N4O3. The summed E-state index contributed by atoms with van der Waals surface area (Å²) in [5.41, 5.74) is 3.39. The van der Waals surface area contributed by atoms with E-state index in [-0.39, 0.29) is 6.61 Å². The van der Waals surface area contributed by atoms with Crippen LogP contribution in [0.25, 0.3) is 0 Å². The van der Waals surface area contributed by atoms with Gasteiger partial charge in [-0.2, -0.15) is 5.10 Å². The van der Waals surface area contributed by atoms with Crippen molar-refractivity contribution in [2.24, 2.45) is 0 Å². The first-order valence-corrected chi connectivity index (χ1v) is 11.3. The van der Waals surface area contributed by atoms with Gasteiger partial charge in [0.2, 0.25) is 0 Å². The minimum absolute atomic E-state index is 0.268. The third-order valence-corrected chi connectivity index (χ3v) is 5.83. The first kappa shape index (κ1) is 23.6. The molecule has 1 N–H and O–H groups in total. The Kier molecular flexibility index (Phi) is 8.75. The van der Waals surface area contributed by atoms with Crippen LogP contribution < -0.4 is 9.47 Å². The number of β-amino-alcohol motifs (C(OH)–C–C–N with tert-alkyl or cyclic N) is 1. The number of methoxy groups -OCH3 is 1. The van der Waals surface area contributed by atoms with Crippen LogP contribution in [-0.2, 0) is 13.1 Å². The normalized spacial score (nSPS) is 15.9. The first-order valence-electron chi connectivity index (χ1n) is 11.3. The van der Waals surface area contributed by atoms with Gasteiger partial charge in [0.15, 0.2) is 11.5 Å². The quantitative estimate of drug-likeness (QED) is 0.592. The van der Waals surface area contributed by atoms with Gasteiger partial charge >= 0.3 is 0 Å². The van der Waals surface area contributed by atoms with Crippen LogP contribution in [0, 0.1) is 13.8 Å². The molecule has 7 heteroatoms. The highest BCUT2D eigenvalue weighted by molar-refractivity contribution is 5.43. The van der Waals surface area contributed by atoms with E-state index in [9.17, 15) is 5.11 Å². The number of rotatable bonds is 11. The number of likely N-dealkylation sites (tertiary alicyclic amines) is 1. The van der Waals surface area contributed by atoms with Gasteiger partial charge in [-0.15, -0.1) is 0 Å². The van der Waals surface area contributed by atoms with Gasteiger partial charge in [-0.05, 0) is 70.6 Å². The molecule has 31 heavy (non-hydrogen) atoms. The van der Waals surface area contributed by atoms with Gasteiger partial charge in [0.1, 0.15) is 12.7 Å². The molecular weight excluding hydrogens is 392 g/mol. The molecule has 1 aliphatic heterocycles. The molecule has 1 saturated heterocycles. The fraction of sp³-hybridized carbons (Fsp3) is 0.625. The fourth-order valence-corrected chi connectivity index (χ4v) is 4.17.